The summed E-state index contributed by atoms with van der Waals surface area (Å²) in [6, 6.07) is 1.72. The van der Waals surface area contributed by atoms with Gasteiger partial charge in [-0.25, -0.2) is 9.78 Å². The fraction of sp³-hybridized carbons (Fsp3) is 0.400. The molecule has 2 heterocycles. The van der Waals surface area contributed by atoms with Crippen molar-refractivity contribution in [3.63, 3.8) is 0 Å². The van der Waals surface area contributed by atoms with E-state index in [-0.39, 0.29) is 12.1 Å². The van der Waals surface area contributed by atoms with Gasteiger partial charge in [-0.3, -0.25) is 4.79 Å². The number of carboxylic acids is 1. The second-order valence-corrected chi connectivity index (χ2v) is 4.99. The van der Waals surface area contributed by atoms with E-state index in [9.17, 15) is 9.59 Å². The molecule has 2 rings (SSSR count). The largest absolute Gasteiger partial charge is 0.481 e. The van der Waals surface area contributed by atoms with E-state index in [4.69, 9.17) is 9.84 Å². The number of rotatable bonds is 6. The predicted molar refractivity (Wildman–Crippen MR) is 79.3 cm³/mol. The highest BCUT2D eigenvalue weighted by Crippen LogP contribution is 2.20. The number of carbonyl (C=O) groups is 2. The minimum Gasteiger partial charge on any atom is -0.481 e. The molecule has 7 heteroatoms. The van der Waals surface area contributed by atoms with Crippen molar-refractivity contribution >= 4 is 11.9 Å². The van der Waals surface area contributed by atoms with Crippen molar-refractivity contribution in [3.8, 4) is 5.82 Å². The quantitative estimate of drug-likeness (QED) is 0.794. The Hall–Kier alpha value is -2.57. The molecule has 0 saturated carbocycles. The molecule has 0 aliphatic rings. The lowest BCUT2D eigenvalue weighted by Gasteiger charge is -2.06. The lowest BCUT2D eigenvalue weighted by molar-refractivity contribution is -0.136. The van der Waals surface area contributed by atoms with Gasteiger partial charge in [-0.15, -0.1) is 0 Å². The third-order valence-electron chi connectivity index (χ3n) is 3.43. The van der Waals surface area contributed by atoms with Gasteiger partial charge in [0.2, 0.25) is 0 Å². The van der Waals surface area contributed by atoms with Crippen LogP contribution in [0.5, 0.6) is 0 Å². The first-order chi connectivity index (χ1) is 10.5. The minimum absolute atomic E-state index is 0.0708. The Kier molecular flexibility index (Phi) is 4.65. The molecule has 0 aliphatic heterocycles. The number of ether oxygens (including phenoxy) is 1. The SMILES string of the molecule is CCCc1nc(-n2ccc(CC(=O)O)c2C)c(C(=O)OC)[nH]1. The molecule has 7 nitrogen and oxygen atoms in total. The number of nitrogens with one attached hydrogen (secondary N) is 1. The number of aryl methyl sites for hydroxylation is 1. The normalized spacial score (nSPS) is 10.7. The molecular formula is C15H19N3O4. The minimum atomic E-state index is -0.900. The van der Waals surface area contributed by atoms with Crippen molar-refractivity contribution in [1.29, 1.82) is 0 Å². The zero-order chi connectivity index (χ0) is 16.3. The zero-order valence-electron chi connectivity index (χ0n) is 12.8. The standard InChI is InChI=1S/C15H19N3O4/c1-4-5-11-16-13(15(21)22-3)14(17-11)18-7-6-10(9(18)2)8-12(19)20/h6-7H,4-5,8H2,1-3H3,(H,16,17)(H,19,20). The second-order valence-electron chi connectivity index (χ2n) is 4.99. The summed E-state index contributed by atoms with van der Waals surface area (Å²) in [7, 11) is 1.31. The van der Waals surface area contributed by atoms with E-state index in [1.54, 1.807) is 23.8 Å². The number of aliphatic carboxylic acids is 1. The Bertz CT molecular complexity index is 700. The van der Waals surface area contributed by atoms with Gasteiger partial charge < -0.3 is 19.4 Å². The maximum Gasteiger partial charge on any atom is 0.358 e. The van der Waals surface area contributed by atoms with Gasteiger partial charge in [0, 0.05) is 18.3 Å². The van der Waals surface area contributed by atoms with Crippen LogP contribution in [0.3, 0.4) is 0 Å². The molecule has 0 saturated heterocycles. The topological polar surface area (TPSA) is 97.2 Å². The first-order valence-electron chi connectivity index (χ1n) is 7.04. The number of carboxylic acid groups (broad SMARTS) is 1. The average molecular weight is 305 g/mol. The Labute approximate surface area is 127 Å². The van der Waals surface area contributed by atoms with E-state index in [1.165, 1.54) is 7.11 Å². The summed E-state index contributed by atoms with van der Waals surface area (Å²) < 4.78 is 6.49. The number of esters is 1. The number of carbonyl (C=O) groups excluding carboxylic acids is 1. The monoisotopic (exact) mass is 305 g/mol. The summed E-state index contributed by atoms with van der Waals surface area (Å²) in [5, 5.41) is 8.92. The number of hydrogen-bond acceptors (Lipinski definition) is 4. The molecule has 118 valence electrons. The molecule has 0 amide bonds. The zero-order valence-corrected chi connectivity index (χ0v) is 12.8. The maximum absolute atomic E-state index is 11.9. The smallest absolute Gasteiger partial charge is 0.358 e. The molecule has 2 aromatic heterocycles. The highest BCUT2D eigenvalue weighted by Gasteiger charge is 2.21. The van der Waals surface area contributed by atoms with Gasteiger partial charge in [-0.2, -0.15) is 0 Å². The molecule has 2 aromatic rings. The van der Waals surface area contributed by atoms with Gasteiger partial charge in [-0.05, 0) is 25.0 Å². The van der Waals surface area contributed by atoms with Crippen molar-refractivity contribution in [2.24, 2.45) is 0 Å². The third kappa shape index (κ3) is 3.03. The van der Waals surface area contributed by atoms with E-state index >= 15 is 0 Å². The van der Waals surface area contributed by atoms with Gasteiger partial charge in [-0.1, -0.05) is 6.92 Å². The van der Waals surface area contributed by atoms with Gasteiger partial charge >= 0.3 is 11.9 Å². The van der Waals surface area contributed by atoms with Gasteiger partial charge in [0.1, 0.15) is 5.82 Å². The highest BCUT2D eigenvalue weighted by molar-refractivity contribution is 5.90. The van der Waals surface area contributed by atoms with Crippen molar-refractivity contribution in [1.82, 2.24) is 14.5 Å². The van der Waals surface area contributed by atoms with Crippen molar-refractivity contribution in [2.75, 3.05) is 7.11 Å². The Morgan fingerprint density at radius 2 is 2.18 bits per heavy atom. The van der Waals surface area contributed by atoms with Crippen LogP contribution < -0.4 is 0 Å². The molecule has 0 unspecified atom stereocenters. The van der Waals surface area contributed by atoms with Crippen LogP contribution in [0, 0.1) is 6.92 Å². The van der Waals surface area contributed by atoms with E-state index < -0.39 is 11.9 Å². The van der Waals surface area contributed by atoms with Gasteiger partial charge in [0.05, 0.1) is 13.5 Å². The summed E-state index contributed by atoms with van der Waals surface area (Å²) >= 11 is 0. The van der Waals surface area contributed by atoms with E-state index in [0.717, 1.165) is 12.1 Å². The molecule has 0 aromatic carbocycles. The summed E-state index contributed by atoms with van der Waals surface area (Å²) in [6.45, 7) is 3.82. The molecule has 0 bridgehead atoms. The molecule has 0 radical (unpaired) electrons. The lowest BCUT2D eigenvalue weighted by Crippen LogP contribution is -2.09. The molecule has 0 atom stereocenters. The molecule has 22 heavy (non-hydrogen) atoms. The fourth-order valence-electron chi connectivity index (χ4n) is 2.32. The van der Waals surface area contributed by atoms with Crippen LogP contribution in [0.1, 0.15) is 40.9 Å². The number of hydrogen-bond donors (Lipinski definition) is 2. The van der Waals surface area contributed by atoms with Crippen LogP contribution in [0.4, 0.5) is 0 Å². The van der Waals surface area contributed by atoms with E-state index in [2.05, 4.69) is 9.97 Å². The van der Waals surface area contributed by atoms with Crippen molar-refractivity contribution in [3.05, 3.63) is 35.0 Å². The summed E-state index contributed by atoms with van der Waals surface area (Å²) in [5.74, 6) is -0.268. The number of aromatic nitrogens is 3. The molecule has 2 N–H and O–H groups in total. The first kappa shape index (κ1) is 15.8. The van der Waals surface area contributed by atoms with E-state index in [1.807, 2.05) is 6.92 Å². The van der Waals surface area contributed by atoms with Crippen LogP contribution in [0.15, 0.2) is 12.3 Å². The third-order valence-corrected chi connectivity index (χ3v) is 3.43. The number of imidazole rings is 1. The van der Waals surface area contributed by atoms with E-state index in [0.29, 0.717) is 23.6 Å². The average Bonchev–Trinajstić information content (AvgIpc) is 3.03. The first-order valence-corrected chi connectivity index (χ1v) is 7.04. The van der Waals surface area contributed by atoms with Crippen LogP contribution in [0.25, 0.3) is 5.82 Å². The summed E-state index contributed by atoms with van der Waals surface area (Å²) in [5.41, 5.74) is 1.69. The van der Waals surface area contributed by atoms with Crippen LogP contribution >= 0.6 is 0 Å². The number of H-pyrrole nitrogens is 1. The van der Waals surface area contributed by atoms with Crippen LogP contribution in [-0.2, 0) is 22.4 Å². The Morgan fingerprint density at radius 3 is 2.77 bits per heavy atom. The Balaban J connectivity index is 2.49. The second kappa shape index (κ2) is 6.46. The molecule has 0 spiro atoms. The van der Waals surface area contributed by atoms with Crippen LogP contribution in [-0.4, -0.2) is 38.7 Å². The number of nitrogens with zero attached hydrogens (tertiary/aromatic N) is 2. The van der Waals surface area contributed by atoms with Crippen molar-refractivity contribution < 1.29 is 19.4 Å². The molecule has 0 fully saturated rings. The van der Waals surface area contributed by atoms with Gasteiger partial charge in [0.25, 0.3) is 0 Å². The molecular weight excluding hydrogens is 286 g/mol. The van der Waals surface area contributed by atoms with Crippen molar-refractivity contribution in [2.45, 2.75) is 33.1 Å². The fourth-order valence-corrected chi connectivity index (χ4v) is 2.32. The molecule has 0 aliphatic carbocycles. The number of methoxy groups -OCH3 is 1. The Morgan fingerprint density at radius 1 is 1.45 bits per heavy atom. The van der Waals surface area contributed by atoms with Crippen LogP contribution in [0.2, 0.25) is 0 Å². The highest BCUT2D eigenvalue weighted by atomic mass is 16.5. The number of aromatic amines is 1. The summed E-state index contributed by atoms with van der Waals surface area (Å²) in [6.07, 6.45) is 3.25. The predicted octanol–water partition coefficient (Wildman–Crippen LogP) is 1.88. The summed E-state index contributed by atoms with van der Waals surface area (Å²) in [4.78, 5) is 30.2. The van der Waals surface area contributed by atoms with Gasteiger partial charge in [0.15, 0.2) is 11.5 Å². The lowest BCUT2D eigenvalue weighted by atomic mass is 10.2. The maximum atomic E-state index is 11.9.